The summed E-state index contributed by atoms with van der Waals surface area (Å²) < 4.78 is 7.38. The third-order valence-corrected chi connectivity index (χ3v) is 4.18. The second-order valence-electron chi connectivity index (χ2n) is 4.75. The van der Waals surface area contributed by atoms with Crippen LogP contribution in [0.4, 0.5) is 5.69 Å². The summed E-state index contributed by atoms with van der Waals surface area (Å²) in [5.74, 6) is 0.164. The highest BCUT2D eigenvalue weighted by atomic mass is 127. The van der Waals surface area contributed by atoms with Gasteiger partial charge >= 0.3 is 0 Å². The van der Waals surface area contributed by atoms with E-state index in [1.807, 2.05) is 37.3 Å². The molecule has 0 bridgehead atoms. The lowest BCUT2D eigenvalue weighted by Gasteiger charge is -2.09. The van der Waals surface area contributed by atoms with E-state index < -0.39 is 5.91 Å². The molecule has 0 atom stereocenters. The average Bonchev–Trinajstić information content (AvgIpc) is 2.55. The van der Waals surface area contributed by atoms with Gasteiger partial charge < -0.3 is 10.1 Å². The molecule has 24 heavy (non-hydrogen) atoms. The van der Waals surface area contributed by atoms with Gasteiger partial charge in [-0.1, -0.05) is 22.0 Å². The van der Waals surface area contributed by atoms with Crippen LogP contribution in [0, 0.1) is 14.9 Å². The van der Waals surface area contributed by atoms with Crippen molar-refractivity contribution in [3.8, 4) is 11.8 Å². The lowest BCUT2D eigenvalue weighted by molar-refractivity contribution is -0.112. The molecule has 4 nitrogen and oxygen atoms in total. The molecule has 0 aliphatic heterocycles. The molecule has 0 fully saturated rings. The molecule has 0 aliphatic carbocycles. The molecule has 0 aromatic heterocycles. The topological polar surface area (TPSA) is 62.1 Å². The third kappa shape index (κ3) is 5.08. The van der Waals surface area contributed by atoms with Crippen LogP contribution in [0.2, 0.25) is 0 Å². The Hall–Kier alpha value is -1.85. The molecule has 2 rings (SSSR count). The summed E-state index contributed by atoms with van der Waals surface area (Å²) in [4.78, 5) is 12.4. The molecular formula is C18H14BrIN2O2. The van der Waals surface area contributed by atoms with Crippen molar-refractivity contribution in [3.63, 3.8) is 0 Å². The Morgan fingerprint density at radius 3 is 2.83 bits per heavy atom. The van der Waals surface area contributed by atoms with Crippen molar-refractivity contribution in [2.24, 2.45) is 0 Å². The monoisotopic (exact) mass is 496 g/mol. The van der Waals surface area contributed by atoms with E-state index in [1.165, 1.54) is 6.08 Å². The van der Waals surface area contributed by atoms with Gasteiger partial charge in [0.05, 0.1) is 6.61 Å². The summed E-state index contributed by atoms with van der Waals surface area (Å²) in [5.41, 5.74) is 1.32. The fourth-order valence-electron chi connectivity index (χ4n) is 1.99. The first-order chi connectivity index (χ1) is 11.5. The first kappa shape index (κ1) is 18.5. The number of halogens is 2. The summed E-state index contributed by atoms with van der Waals surface area (Å²) >= 11 is 5.55. The normalized spacial score (nSPS) is 10.8. The zero-order valence-electron chi connectivity index (χ0n) is 12.8. The van der Waals surface area contributed by atoms with Crippen molar-refractivity contribution < 1.29 is 9.53 Å². The van der Waals surface area contributed by atoms with Gasteiger partial charge in [0.15, 0.2) is 0 Å². The molecule has 0 heterocycles. The molecular weight excluding hydrogens is 483 g/mol. The Labute approximate surface area is 162 Å². The number of nitriles is 1. The zero-order valence-corrected chi connectivity index (χ0v) is 16.6. The summed E-state index contributed by atoms with van der Waals surface area (Å²) in [6.45, 7) is 2.38. The molecule has 0 spiro atoms. The maximum absolute atomic E-state index is 12.4. The number of hydrogen-bond acceptors (Lipinski definition) is 3. The van der Waals surface area contributed by atoms with Crippen LogP contribution in [-0.2, 0) is 4.79 Å². The fraction of sp³-hybridized carbons (Fsp3) is 0.111. The van der Waals surface area contributed by atoms with Crippen LogP contribution in [0.3, 0.4) is 0 Å². The summed E-state index contributed by atoms with van der Waals surface area (Å²) in [6.07, 6.45) is 1.53. The Balaban J connectivity index is 2.30. The van der Waals surface area contributed by atoms with Gasteiger partial charge in [0.2, 0.25) is 0 Å². The molecule has 6 heteroatoms. The van der Waals surface area contributed by atoms with Gasteiger partial charge in [0.25, 0.3) is 5.91 Å². The summed E-state index contributed by atoms with van der Waals surface area (Å²) in [7, 11) is 0. The Morgan fingerprint density at radius 1 is 1.38 bits per heavy atom. The lowest BCUT2D eigenvalue weighted by Crippen LogP contribution is -2.13. The number of rotatable bonds is 5. The number of nitrogens with zero attached hydrogens (tertiary/aromatic N) is 1. The number of hydrogen-bond donors (Lipinski definition) is 1. The van der Waals surface area contributed by atoms with Crippen LogP contribution in [0.1, 0.15) is 12.5 Å². The minimum Gasteiger partial charge on any atom is -0.493 e. The van der Waals surface area contributed by atoms with Crippen LogP contribution >= 0.6 is 38.5 Å². The second kappa shape index (κ2) is 8.85. The van der Waals surface area contributed by atoms with Gasteiger partial charge in [-0.05, 0) is 72.0 Å². The van der Waals surface area contributed by atoms with Crippen molar-refractivity contribution in [3.05, 3.63) is 61.6 Å². The minimum absolute atomic E-state index is 0.00733. The van der Waals surface area contributed by atoms with Crippen LogP contribution < -0.4 is 10.1 Å². The highest BCUT2D eigenvalue weighted by Crippen LogP contribution is 2.26. The Bertz CT molecular complexity index is 828. The molecule has 0 saturated heterocycles. The molecule has 1 N–H and O–H groups in total. The predicted octanol–water partition coefficient (Wildman–Crippen LogP) is 5.00. The average molecular weight is 497 g/mol. The van der Waals surface area contributed by atoms with E-state index in [9.17, 15) is 10.1 Å². The first-order valence-corrected chi connectivity index (χ1v) is 9.01. The smallest absolute Gasteiger partial charge is 0.266 e. The molecule has 0 radical (unpaired) electrons. The van der Waals surface area contributed by atoms with Gasteiger partial charge in [-0.2, -0.15) is 5.26 Å². The van der Waals surface area contributed by atoms with Crippen LogP contribution in [0.25, 0.3) is 6.08 Å². The van der Waals surface area contributed by atoms with Gasteiger partial charge in [-0.25, -0.2) is 0 Å². The Morgan fingerprint density at radius 2 is 2.17 bits per heavy atom. The van der Waals surface area contributed by atoms with Crippen LogP contribution in [-0.4, -0.2) is 12.5 Å². The van der Waals surface area contributed by atoms with E-state index in [0.717, 1.165) is 8.04 Å². The SMILES string of the molecule is CCOc1ccc(Br)cc1/C=C(\C#N)C(=O)Nc1cccc(I)c1. The van der Waals surface area contributed by atoms with Crippen molar-refractivity contribution in [1.82, 2.24) is 0 Å². The summed E-state index contributed by atoms with van der Waals surface area (Å²) in [6, 6.07) is 14.8. The van der Waals surface area contributed by atoms with Gasteiger partial charge in [0.1, 0.15) is 17.4 Å². The molecule has 2 aromatic carbocycles. The van der Waals surface area contributed by atoms with E-state index in [-0.39, 0.29) is 5.57 Å². The largest absolute Gasteiger partial charge is 0.493 e. The number of carbonyl (C=O) groups excluding carboxylic acids is 1. The number of carbonyl (C=O) groups is 1. The van der Waals surface area contributed by atoms with Crippen molar-refractivity contribution in [2.45, 2.75) is 6.92 Å². The van der Waals surface area contributed by atoms with E-state index >= 15 is 0 Å². The molecule has 2 aromatic rings. The second-order valence-corrected chi connectivity index (χ2v) is 6.91. The van der Waals surface area contributed by atoms with E-state index in [2.05, 4.69) is 43.8 Å². The van der Waals surface area contributed by atoms with Gasteiger partial charge in [0, 0.05) is 19.3 Å². The van der Waals surface area contributed by atoms with Crippen molar-refractivity contribution >= 4 is 56.2 Å². The van der Waals surface area contributed by atoms with Gasteiger partial charge in [-0.3, -0.25) is 4.79 Å². The van der Waals surface area contributed by atoms with Crippen LogP contribution in [0.5, 0.6) is 5.75 Å². The Kier molecular flexibility index (Phi) is 6.82. The lowest BCUT2D eigenvalue weighted by atomic mass is 10.1. The maximum Gasteiger partial charge on any atom is 0.266 e. The highest BCUT2D eigenvalue weighted by Gasteiger charge is 2.12. The van der Waals surface area contributed by atoms with Crippen molar-refractivity contribution in [1.29, 1.82) is 5.26 Å². The van der Waals surface area contributed by atoms with E-state index in [1.54, 1.807) is 18.2 Å². The fourth-order valence-corrected chi connectivity index (χ4v) is 2.91. The quantitative estimate of drug-likeness (QED) is 0.360. The predicted molar refractivity (Wildman–Crippen MR) is 107 cm³/mol. The van der Waals surface area contributed by atoms with E-state index in [0.29, 0.717) is 23.6 Å². The molecule has 0 unspecified atom stereocenters. The standard InChI is InChI=1S/C18H14BrIN2O2/c1-2-24-17-7-6-14(19)9-12(17)8-13(11-21)18(23)22-16-5-3-4-15(20)10-16/h3-10H,2H2,1H3,(H,22,23)/b13-8+. The number of amides is 1. The highest BCUT2D eigenvalue weighted by molar-refractivity contribution is 14.1. The third-order valence-electron chi connectivity index (χ3n) is 3.02. The van der Waals surface area contributed by atoms with E-state index in [4.69, 9.17) is 4.74 Å². The number of nitrogens with one attached hydrogen (secondary N) is 1. The number of anilines is 1. The number of benzene rings is 2. The summed E-state index contributed by atoms with van der Waals surface area (Å²) in [5, 5.41) is 12.1. The molecule has 0 aliphatic rings. The maximum atomic E-state index is 12.4. The molecule has 122 valence electrons. The van der Waals surface area contributed by atoms with Crippen LogP contribution in [0.15, 0.2) is 52.5 Å². The number of ether oxygens (including phenoxy) is 1. The zero-order chi connectivity index (χ0) is 17.5. The molecule has 0 saturated carbocycles. The van der Waals surface area contributed by atoms with Crippen molar-refractivity contribution in [2.75, 3.05) is 11.9 Å². The van der Waals surface area contributed by atoms with Gasteiger partial charge in [-0.15, -0.1) is 0 Å². The first-order valence-electron chi connectivity index (χ1n) is 7.14. The minimum atomic E-state index is -0.457. The molecule has 1 amide bonds.